The Morgan fingerprint density at radius 3 is 2.16 bits per heavy atom. The maximum atomic E-state index is 6.32. The first-order valence-corrected chi connectivity index (χ1v) is 15.9. The fourth-order valence-electron chi connectivity index (χ4n) is 5.94. The fraction of sp³-hybridized carbons (Fsp3) is 0.308. The minimum Gasteiger partial charge on any atom is -0.493 e. The number of fused-ring (bicyclic) bond motifs is 1. The van der Waals surface area contributed by atoms with Gasteiger partial charge in [-0.1, -0.05) is 63.2 Å². The molecule has 6 nitrogen and oxygen atoms in total. The lowest BCUT2D eigenvalue weighted by Gasteiger charge is -2.32. The largest absolute Gasteiger partial charge is 0.493 e. The molecule has 1 aliphatic rings. The van der Waals surface area contributed by atoms with Crippen LogP contribution >= 0.6 is 0 Å². The van der Waals surface area contributed by atoms with Gasteiger partial charge in [-0.15, -0.1) is 0 Å². The minimum atomic E-state index is 0.133. The third-order valence-corrected chi connectivity index (χ3v) is 8.63. The summed E-state index contributed by atoms with van der Waals surface area (Å²) in [6.07, 6.45) is 4.13. The molecular formula is C39H43N3O3. The maximum Gasteiger partial charge on any atom is 0.163 e. The summed E-state index contributed by atoms with van der Waals surface area (Å²) in [7, 11) is 1.67. The number of nitrogens with one attached hydrogen (secondary N) is 1. The lowest BCUT2D eigenvalue weighted by molar-refractivity contribution is 0.171. The number of anilines is 2. The molecular weight excluding hydrogens is 558 g/mol. The molecule has 232 valence electrons. The summed E-state index contributed by atoms with van der Waals surface area (Å²) < 4.78 is 18.3. The summed E-state index contributed by atoms with van der Waals surface area (Å²) >= 11 is 0. The van der Waals surface area contributed by atoms with Crippen molar-refractivity contribution >= 4 is 22.3 Å². The lowest BCUT2D eigenvalue weighted by Crippen LogP contribution is -2.35. The van der Waals surface area contributed by atoms with Crippen LogP contribution in [0.2, 0.25) is 0 Å². The molecule has 1 fully saturated rings. The minimum absolute atomic E-state index is 0.133. The Hall–Kier alpha value is -4.55. The number of methoxy groups -OCH3 is 1. The first-order chi connectivity index (χ1) is 21.9. The highest BCUT2D eigenvalue weighted by Crippen LogP contribution is 2.37. The van der Waals surface area contributed by atoms with Crippen molar-refractivity contribution in [2.24, 2.45) is 0 Å². The number of piperidine rings is 1. The van der Waals surface area contributed by atoms with E-state index in [2.05, 4.69) is 90.6 Å². The zero-order chi connectivity index (χ0) is 31.2. The number of hydrogen-bond acceptors (Lipinski definition) is 6. The number of ether oxygens (including phenoxy) is 3. The van der Waals surface area contributed by atoms with Crippen LogP contribution in [-0.2, 0) is 5.41 Å². The smallest absolute Gasteiger partial charge is 0.163 e. The molecule has 0 radical (unpaired) electrons. The van der Waals surface area contributed by atoms with Crippen molar-refractivity contribution in [3.8, 4) is 23.0 Å². The number of aromatic nitrogens is 1. The maximum absolute atomic E-state index is 6.32. The van der Waals surface area contributed by atoms with Crippen molar-refractivity contribution in [2.45, 2.75) is 44.9 Å². The zero-order valence-electron chi connectivity index (χ0n) is 26.8. The predicted molar refractivity (Wildman–Crippen MR) is 184 cm³/mol. The van der Waals surface area contributed by atoms with Crippen LogP contribution in [0.25, 0.3) is 10.9 Å². The van der Waals surface area contributed by atoms with Crippen LogP contribution in [0, 0.1) is 0 Å². The van der Waals surface area contributed by atoms with Crippen LogP contribution in [-0.4, -0.2) is 43.2 Å². The Labute approximate surface area is 267 Å². The van der Waals surface area contributed by atoms with Gasteiger partial charge in [0.2, 0.25) is 0 Å². The predicted octanol–water partition coefficient (Wildman–Crippen LogP) is 9.34. The number of nitrogens with zero attached hydrogens (tertiary/aromatic N) is 2. The molecule has 4 aromatic carbocycles. The average Bonchev–Trinajstić information content (AvgIpc) is 3.06. The highest BCUT2D eigenvalue weighted by Gasteiger charge is 2.21. The number of benzene rings is 4. The van der Waals surface area contributed by atoms with Crippen LogP contribution in [0.15, 0.2) is 103 Å². The molecule has 1 N–H and O–H groups in total. The van der Waals surface area contributed by atoms with Crippen molar-refractivity contribution in [1.29, 1.82) is 0 Å². The van der Waals surface area contributed by atoms with Gasteiger partial charge in [-0.2, -0.15) is 0 Å². The third kappa shape index (κ3) is 7.58. The molecule has 5 aromatic rings. The second kappa shape index (κ2) is 13.6. The molecule has 0 aliphatic carbocycles. The fourth-order valence-corrected chi connectivity index (χ4v) is 5.94. The molecule has 6 heteroatoms. The standard InChI is InChI=1S/C39H43N3O3/c1-39(2,3)30-10-12-31(13-11-30)41-32-14-16-33(17-15-32)45-36-18-21-40-35-27-38(37(43-4)26-34(35)36)44-25-24-42-22-19-29(20-23-42)28-8-6-5-7-9-28/h5-18,21,26-27,29,41H,19-20,22-25H2,1-4H3. The highest BCUT2D eigenvalue weighted by atomic mass is 16.5. The van der Waals surface area contributed by atoms with Crippen molar-refractivity contribution in [3.05, 3.63) is 114 Å². The Bertz CT molecular complexity index is 1690. The van der Waals surface area contributed by atoms with E-state index in [0.717, 1.165) is 47.7 Å². The Morgan fingerprint density at radius 2 is 1.49 bits per heavy atom. The second-order valence-electron chi connectivity index (χ2n) is 12.8. The van der Waals surface area contributed by atoms with Gasteiger partial charge >= 0.3 is 0 Å². The van der Waals surface area contributed by atoms with Gasteiger partial charge in [-0.3, -0.25) is 9.88 Å². The molecule has 45 heavy (non-hydrogen) atoms. The monoisotopic (exact) mass is 601 g/mol. The van der Waals surface area contributed by atoms with Gasteiger partial charge < -0.3 is 19.5 Å². The molecule has 0 unspecified atom stereocenters. The number of likely N-dealkylation sites (tertiary alicyclic amines) is 1. The van der Waals surface area contributed by atoms with Crippen molar-refractivity contribution in [3.63, 3.8) is 0 Å². The lowest BCUT2D eigenvalue weighted by atomic mass is 9.87. The van der Waals surface area contributed by atoms with E-state index >= 15 is 0 Å². The van der Waals surface area contributed by atoms with E-state index in [1.165, 1.54) is 24.0 Å². The van der Waals surface area contributed by atoms with E-state index < -0.39 is 0 Å². The molecule has 2 heterocycles. The molecule has 0 bridgehead atoms. The van der Waals surface area contributed by atoms with Gasteiger partial charge in [0.1, 0.15) is 18.1 Å². The number of hydrogen-bond donors (Lipinski definition) is 1. The van der Waals surface area contributed by atoms with E-state index in [-0.39, 0.29) is 5.41 Å². The zero-order valence-corrected chi connectivity index (χ0v) is 26.8. The molecule has 0 atom stereocenters. The van der Waals surface area contributed by atoms with Crippen LogP contribution in [0.4, 0.5) is 11.4 Å². The highest BCUT2D eigenvalue weighted by molar-refractivity contribution is 5.88. The first kappa shape index (κ1) is 30.5. The van der Waals surface area contributed by atoms with Crippen molar-refractivity contribution < 1.29 is 14.2 Å². The average molecular weight is 602 g/mol. The van der Waals surface area contributed by atoms with Gasteiger partial charge in [0.15, 0.2) is 11.5 Å². The van der Waals surface area contributed by atoms with Gasteiger partial charge in [-0.05, 0) is 96.9 Å². The van der Waals surface area contributed by atoms with E-state index in [9.17, 15) is 0 Å². The quantitative estimate of drug-likeness (QED) is 0.172. The topological polar surface area (TPSA) is 55.9 Å². The molecule has 1 aromatic heterocycles. The number of pyridine rings is 1. The molecule has 1 saturated heterocycles. The van der Waals surface area contributed by atoms with Crippen LogP contribution in [0.5, 0.6) is 23.0 Å². The Kier molecular flexibility index (Phi) is 9.22. The first-order valence-electron chi connectivity index (χ1n) is 15.9. The summed E-state index contributed by atoms with van der Waals surface area (Å²) in [5.74, 6) is 3.47. The Balaban J connectivity index is 1.06. The van der Waals surface area contributed by atoms with Gasteiger partial charge in [0, 0.05) is 35.6 Å². The molecule has 0 saturated carbocycles. The Morgan fingerprint density at radius 1 is 0.800 bits per heavy atom. The van der Waals surface area contributed by atoms with Gasteiger partial charge in [0.25, 0.3) is 0 Å². The second-order valence-corrected chi connectivity index (χ2v) is 12.8. The molecule has 0 spiro atoms. The summed E-state index contributed by atoms with van der Waals surface area (Å²) in [5.41, 5.74) is 5.74. The van der Waals surface area contributed by atoms with E-state index in [4.69, 9.17) is 14.2 Å². The number of rotatable bonds is 10. The van der Waals surface area contributed by atoms with Crippen LogP contribution in [0.3, 0.4) is 0 Å². The van der Waals surface area contributed by atoms with E-state index in [0.29, 0.717) is 29.8 Å². The van der Waals surface area contributed by atoms with Crippen molar-refractivity contribution in [2.75, 3.05) is 38.7 Å². The normalized spacial score (nSPS) is 14.3. The van der Waals surface area contributed by atoms with E-state index in [1.54, 1.807) is 13.3 Å². The third-order valence-electron chi connectivity index (χ3n) is 8.63. The SMILES string of the molecule is COc1cc2c(Oc3ccc(Nc4ccc(C(C)(C)C)cc4)cc3)ccnc2cc1OCCN1CCC(c2ccccc2)CC1. The van der Waals surface area contributed by atoms with Gasteiger partial charge in [-0.25, -0.2) is 0 Å². The van der Waals surface area contributed by atoms with Crippen LogP contribution < -0.4 is 19.5 Å². The molecule has 1 aliphatic heterocycles. The van der Waals surface area contributed by atoms with Crippen LogP contribution in [0.1, 0.15) is 50.7 Å². The summed E-state index contributed by atoms with van der Waals surface area (Å²) in [6, 6.07) is 33.2. The van der Waals surface area contributed by atoms with Crippen molar-refractivity contribution in [1.82, 2.24) is 9.88 Å². The summed E-state index contributed by atoms with van der Waals surface area (Å²) in [4.78, 5) is 7.09. The molecule has 6 rings (SSSR count). The van der Waals surface area contributed by atoms with E-state index in [1.807, 2.05) is 42.5 Å². The van der Waals surface area contributed by atoms with Gasteiger partial charge in [0.05, 0.1) is 12.6 Å². The summed E-state index contributed by atoms with van der Waals surface area (Å²) in [6.45, 7) is 10.3. The molecule has 0 amide bonds. The summed E-state index contributed by atoms with van der Waals surface area (Å²) in [5, 5.41) is 4.34.